The molecule has 5 nitrogen and oxygen atoms in total. The molecule has 0 fully saturated rings. The van der Waals surface area contributed by atoms with Crippen molar-refractivity contribution >= 4 is 17.2 Å². The van der Waals surface area contributed by atoms with Crippen LogP contribution in [-0.4, -0.2) is 24.5 Å². The van der Waals surface area contributed by atoms with Gasteiger partial charge in [-0.1, -0.05) is 19.9 Å². The number of methoxy groups -OCH3 is 1. The number of benzene rings is 1. The normalized spacial score (nSPS) is 10.7. The Labute approximate surface area is 140 Å². The summed E-state index contributed by atoms with van der Waals surface area (Å²) >= 11 is 1.41. The molecular formula is C17H22N2O3S. The van der Waals surface area contributed by atoms with E-state index in [1.807, 2.05) is 25.1 Å². The molecule has 23 heavy (non-hydrogen) atoms. The van der Waals surface area contributed by atoms with E-state index in [0.717, 1.165) is 10.6 Å². The molecule has 2 rings (SSSR count). The minimum Gasteiger partial charge on any atom is -0.493 e. The zero-order chi connectivity index (χ0) is 16.8. The number of hydrogen-bond donors (Lipinski definition) is 1. The van der Waals surface area contributed by atoms with Gasteiger partial charge < -0.3 is 14.8 Å². The maximum absolute atomic E-state index is 11.9. The fourth-order valence-corrected chi connectivity index (χ4v) is 2.59. The van der Waals surface area contributed by atoms with Crippen molar-refractivity contribution in [2.75, 3.05) is 13.7 Å². The number of carbonyl (C=O) groups excluding carboxylic acids is 1. The summed E-state index contributed by atoms with van der Waals surface area (Å²) in [6.07, 6.45) is 0. The Bertz CT molecular complexity index is 668. The third-order valence-electron chi connectivity index (χ3n) is 3.13. The van der Waals surface area contributed by atoms with Crippen molar-refractivity contribution in [3.8, 4) is 11.5 Å². The number of nitrogens with one attached hydrogen (secondary N) is 1. The van der Waals surface area contributed by atoms with Crippen LogP contribution in [0, 0.1) is 12.8 Å². The van der Waals surface area contributed by atoms with Crippen molar-refractivity contribution in [3.63, 3.8) is 0 Å². The van der Waals surface area contributed by atoms with E-state index in [2.05, 4.69) is 24.1 Å². The van der Waals surface area contributed by atoms with Crippen LogP contribution in [0.3, 0.4) is 0 Å². The van der Waals surface area contributed by atoms with E-state index in [1.54, 1.807) is 12.5 Å². The third-order valence-corrected chi connectivity index (χ3v) is 3.95. The number of ether oxygens (including phenoxy) is 2. The molecule has 6 heteroatoms. The summed E-state index contributed by atoms with van der Waals surface area (Å²) in [4.78, 5) is 16.3. The second kappa shape index (κ2) is 7.97. The number of aromatic nitrogens is 1. The quantitative estimate of drug-likeness (QED) is 0.843. The molecular weight excluding hydrogens is 312 g/mol. The van der Waals surface area contributed by atoms with Crippen LogP contribution in [0.1, 0.15) is 34.9 Å². The molecule has 0 aliphatic heterocycles. The number of carbonyl (C=O) groups is 1. The highest BCUT2D eigenvalue weighted by Crippen LogP contribution is 2.28. The van der Waals surface area contributed by atoms with Crippen LogP contribution in [0.15, 0.2) is 23.6 Å². The summed E-state index contributed by atoms with van der Waals surface area (Å²) in [6, 6.07) is 5.75. The van der Waals surface area contributed by atoms with E-state index >= 15 is 0 Å². The molecule has 0 bridgehead atoms. The molecule has 0 saturated carbocycles. The summed E-state index contributed by atoms with van der Waals surface area (Å²) in [5.41, 5.74) is 1.54. The van der Waals surface area contributed by atoms with Gasteiger partial charge in [-0.15, -0.1) is 11.3 Å². The van der Waals surface area contributed by atoms with Gasteiger partial charge in [0, 0.05) is 11.9 Å². The standard InChI is InChI=1S/C17H22N2O3S/c1-11(2)8-18-17(20)13-10-23-16(19-13)9-22-14-6-5-12(3)7-15(14)21-4/h5-7,10-11H,8-9H2,1-4H3,(H,18,20). The number of aryl methyl sites for hydroxylation is 1. The number of hydrogen-bond acceptors (Lipinski definition) is 5. The van der Waals surface area contributed by atoms with Gasteiger partial charge >= 0.3 is 0 Å². The SMILES string of the molecule is COc1cc(C)ccc1OCc1nc(C(=O)NCC(C)C)cs1. The second-order valence-corrected chi connectivity index (χ2v) is 6.62. The molecule has 0 aliphatic carbocycles. The molecule has 0 unspecified atom stereocenters. The number of amides is 1. The number of rotatable bonds is 7. The fraction of sp³-hybridized carbons (Fsp3) is 0.412. The smallest absolute Gasteiger partial charge is 0.270 e. The number of thiazole rings is 1. The van der Waals surface area contributed by atoms with Crippen molar-refractivity contribution < 1.29 is 14.3 Å². The van der Waals surface area contributed by atoms with Gasteiger partial charge in [0.05, 0.1) is 7.11 Å². The molecule has 0 atom stereocenters. The van der Waals surface area contributed by atoms with E-state index in [0.29, 0.717) is 36.3 Å². The summed E-state index contributed by atoms with van der Waals surface area (Å²) in [5.74, 6) is 1.62. The van der Waals surface area contributed by atoms with Gasteiger partial charge in [0.15, 0.2) is 11.5 Å². The van der Waals surface area contributed by atoms with Gasteiger partial charge in [-0.3, -0.25) is 4.79 Å². The maximum Gasteiger partial charge on any atom is 0.270 e. The molecule has 1 heterocycles. The Morgan fingerprint density at radius 1 is 1.35 bits per heavy atom. The molecule has 1 aromatic heterocycles. The fourth-order valence-electron chi connectivity index (χ4n) is 1.90. The Morgan fingerprint density at radius 2 is 2.13 bits per heavy atom. The van der Waals surface area contributed by atoms with E-state index < -0.39 is 0 Å². The molecule has 2 aromatic rings. The first-order valence-electron chi connectivity index (χ1n) is 7.49. The summed E-state index contributed by atoms with van der Waals surface area (Å²) in [6.45, 7) is 7.05. The van der Waals surface area contributed by atoms with E-state index in [-0.39, 0.29) is 5.91 Å². The lowest BCUT2D eigenvalue weighted by atomic mass is 10.2. The molecule has 1 amide bonds. The van der Waals surface area contributed by atoms with Crippen molar-refractivity contribution in [2.45, 2.75) is 27.4 Å². The predicted octanol–water partition coefficient (Wildman–Crippen LogP) is 3.42. The molecule has 0 aliphatic rings. The van der Waals surface area contributed by atoms with Crippen LogP contribution in [-0.2, 0) is 6.61 Å². The zero-order valence-corrected chi connectivity index (χ0v) is 14.7. The van der Waals surface area contributed by atoms with Crippen molar-refractivity contribution in [2.24, 2.45) is 5.92 Å². The highest BCUT2D eigenvalue weighted by Gasteiger charge is 2.12. The Hall–Kier alpha value is -2.08. The highest BCUT2D eigenvalue weighted by atomic mass is 32.1. The van der Waals surface area contributed by atoms with Crippen LogP contribution in [0.5, 0.6) is 11.5 Å². The van der Waals surface area contributed by atoms with E-state index in [4.69, 9.17) is 9.47 Å². The van der Waals surface area contributed by atoms with Crippen LogP contribution >= 0.6 is 11.3 Å². The summed E-state index contributed by atoms with van der Waals surface area (Å²) in [5, 5.41) is 5.36. The lowest BCUT2D eigenvalue weighted by Crippen LogP contribution is -2.27. The zero-order valence-electron chi connectivity index (χ0n) is 13.9. The highest BCUT2D eigenvalue weighted by molar-refractivity contribution is 7.09. The maximum atomic E-state index is 11.9. The van der Waals surface area contributed by atoms with Crippen LogP contribution in [0.4, 0.5) is 0 Å². The average Bonchev–Trinajstić information content (AvgIpc) is 3.00. The minimum atomic E-state index is -0.144. The van der Waals surface area contributed by atoms with Crippen molar-refractivity contribution in [1.29, 1.82) is 0 Å². The van der Waals surface area contributed by atoms with Gasteiger partial charge in [0.1, 0.15) is 17.3 Å². The minimum absolute atomic E-state index is 0.144. The van der Waals surface area contributed by atoms with Gasteiger partial charge in [-0.05, 0) is 30.5 Å². The Balaban J connectivity index is 1.96. The van der Waals surface area contributed by atoms with Crippen LogP contribution in [0.25, 0.3) is 0 Å². The molecule has 1 N–H and O–H groups in total. The van der Waals surface area contributed by atoms with Gasteiger partial charge in [-0.25, -0.2) is 4.98 Å². The van der Waals surface area contributed by atoms with Gasteiger partial charge in [0.25, 0.3) is 5.91 Å². The molecule has 124 valence electrons. The molecule has 0 radical (unpaired) electrons. The first kappa shape index (κ1) is 17.3. The van der Waals surface area contributed by atoms with Crippen molar-refractivity contribution in [1.82, 2.24) is 10.3 Å². The molecule has 0 spiro atoms. The molecule has 0 saturated heterocycles. The third kappa shape index (κ3) is 4.96. The number of nitrogens with zero attached hydrogens (tertiary/aromatic N) is 1. The van der Waals surface area contributed by atoms with Crippen LogP contribution in [0.2, 0.25) is 0 Å². The Morgan fingerprint density at radius 3 is 2.83 bits per heavy atom. The Kier molecular flexibility index (Phi) is 5.98. The summed E-state index contributed by atoms with van der Waals surface area (Å²) < 4.78 is 11.1. The largest absolute Gasteiger partial charge is 0.493 e. The first-order chi connectivity index (χ1) is 11.0. The van der Waals surface area contributed by atoms with Crippen LogP contribution < -0.4 is 14.8 Å². The lowest BCUT2D eigenvalue weighted by Gasteiger charge is -2.10. The van der Waals surface area contributed by atoms with Gasteiger partial charge in [0.2, 0.25) is 0 Å². The monoisotopic (exact) mass is 334 g/mol. The van der Waals surface area contributed by atoms with Gasteiger partial charge in [-0.2, -0.15) is 0 Å². The topological polar surface area (TPSA) is 60.5 Å². The van der Waals surface area contributed by atoms with E-state index in [1.165, 1.54) is 11.3 Å². The lowest BCUT2D eigenvalue weighted by molar-refractivity contribution is 0.0944. The average molecular weight is 334 g/mol. The predicted molar refractivity (Wildman–Crippen MR) is 91.3 cm³/mol. The first-order valence-corrected chi connectivity index (χ1v) is 8.37. The van der Waals surface area contributed by atoms with Crippen molar-refractivity contribution in [3.05, 3.63) is 39.8 Å². The second-order valence-electron chi connectivity index (χ2n) is 5.67. The van der Waals surface area contributed by atoms with E-state index in [9.17, 15) is 4.79 Å². The summed E-state index contributed by atoms with van der Waals surface area (Å²) in [7, 11) is 1.61. The molecule has 1 aromatic carbocycles.